The summed E-state index contributed by atoms with van der Waals surface area (Å²) in [5, 5.41) is 0. The van der Waals surface area contributed by atoms with Gasteiger partial charge in [0, 0.05) is 29.4 Å². The Balaban J connectivity index is 2.73. The zero-order valence-corrected chi connectivity index (χ0v) is 9.56. The fourth-order valence-electron chi connectivity index (χ4n) is 1.25. The van der Waals surface area contributed by atoms with Crippen molar-refractivity contribution >= 4 is 30.9 Å². The highest BCUT2D eigenvalue weighted by Crippen LogP contribution is 2.16. The van der Waals surface area contributed by atoms with E-state index in [2.05, 4.69) is 49.2 Å². The van der Waals surface area contributed by atoms with Crippen LogP contribution in [0.5, 0.6) is 0 Å². The largest absolute Gasteiger partial charge is 0.371 e. The summed E-state index contributed by atoms with van der Waals surface area (Å²) >= 11 is 8.48. The summed E-state index contributed by atoms with van der Waals surface area (Å²) in [5.41, 5.74) is 1.24. The van der Waals surface area contributed by atoms with E-state index in [9.17, 15) is 0 Å². The number of hydrogen-bond donors (Lipinski definition) is 2. The van der Waals surface area contributed by atoms with E-state index in [4.69, 9.17) is 0 Å². The zero-order valence-electron chi connectivity index (χ0n) is 7.77. The van der Waals surface area contributed by atoms with Crippen molar-refractivity contribution in [2.75, 3.05) is 23.7 Å². The van der Waals surface area contributed by atoms with Gasteiger partial charge in [0.15, 0.2) is 0 Å². The van der Waals surface area contributed by atoms with Crippen molar-refractivity contribution in [3.05, 3.63) is 24.3 Å². The molecular formula is C10H15NS2. The maximum atomic E-state index is 4.25. The number of thiol groups is 2. The molecule has 1 aromatic rings. The molecule has 3 heteroatoms. The Kier molecular flexibility index (Phi) is 4.53. The van der Waals surface area contributed by atoms with Gasteiger partial charge in [0.05, 0.1) is 0 Å². The molecule has 0 heterocycles. The third-order valence-corrected chi connectivity index (χ3v) is 2.46. The molecule has 1 nitrogen and oxygen atoms in total. The van der Waals surface area contributed by atoms with Crippen LogP contribution in [0.1, 0.15) is 6.92 Å². The van der Waals surface area contributed by atoms with E-state index in [-0.39, 0.29) is 0 Å². The van der Waals surface area contributed by atoms with Gasteiger partial charge >= 0.3 is 0 Å². The summed E-state index contributed by atoms with van der Waals surface area (Å²) in [6, 6.07) is 8.21. The van der Waals surface area contributed by atoms with Gasteiger partial charge in [-0.05, 0) is 31.2 Å². The predicted octanol–water partition coefficient (Wildman–Crippen LogP) is 2.73. The smallest absolute Gasteiger partial charge is 0.0367 e. The number of anilines is 1. The van der Waals surface area contributed by atoms with E-state index in [0.717, 1.165) is 23.7 Å². The second-order valence-corrected chi connectivity index (χ2v) is 3.78. The minimum atomic E-state index is 0.885. The molecule has 0 unspecified atom stereocenters. The molecule has 1 rings (SSSR count). The van der Waals surface area contributed by atoms with Crippen LogP contribution < -0.4 is 4.90 Å². The van der Waals surface area contributed by atoms with Gasteiger partial charge in [-0.3, -0.25) is 0 Å². The van der Waals surface area contributed by atoms with E-state index in [1.54, 1.807) is 0 Å². The second kappa shape index (κ2) is 5.45. The second-order valence-electron chi connectivity index (χ2n) is 2.82. The van der Waals surface area contributed by atoms with Crippen LogP contribution in [0.4, 0.5) is 5.69 Å². The number of benzene rings is 1. The maximum Gasteiger partial charge on any atom is 0.0367 e. The van der Waals surface area contributed by atoms with Gasteiger partial charge in [-0.2, -0.15) is 12.6 Å². The molecule has 72 valence electrons. The van der Waals surface area contributed by atoms with E-state index < -0.39 is 0 Å². The van der Waals surface area contributed by atoms with Crippen LogP contribution in [0, 0.1) is 0 Å². The molecular weight excluding hydrogens is 198 g/mol. The highest BCUT2D eigenvalue weighted by molar-refractivity contribution is 7.80. The van der Waals surface area contributed by atoms with Crippen molar-refractivity contribution in [3.63, 3.8) is 0 Å². The van der Waals surface area contributed by atoms with Crippen molar-refractivity contribution in [3.8, 4) is 0 Å². The minimum absolute atomic E-state index is 0.885. The third kappa shape index (κ3) is 3.16. The standard InChI is InChI=1S/C10H15NS2/c1-2-11(7-8-12)9-3-5-10(13)6-4-9/h3-6,12-13H,2,7-8H2,1H3. The van der Waals surface area contributed by atoms with Gasteiger partial charge in [0.1, 0.15) is 0 Å². The van der Waals surface area contributed by atoms with Gasteiger partial charge in [0.2, 0.25) is 0 Å². The molecule has 0 saturated carbocycles. The summed E-state index contributed by atoms with van der Waals surface area (Å²) in [5.74, 6) is 0.885. The Morgan fingerprint density at radius 1 is 1.23 bits per heavy atom. The SMILES string of the molecule is CCN(CCS)c1ccc(S)cc1. The zero-order chi connectivity index (χ0) is 9.68. The normalized spacial score (nSPS) is 10.1. The molecule has 0 aliphatic heterocycles. The maximum absolute atomic E-state index is 4.25. The lowest BCUT2D eigenvalue weighted by Gasteiger charge is -2.22. The molecule has 0 bridgehead atoms. The molecule has 13 heavy (non-hydrogen) atoms. The van der Waals surface area contributed by atoms with Crippen LogP contribution in [0.2, 0.25) is 0 Å². The van der Waals surface area contributed by atoms with E-state index in [1.807, 2.05) is 12.1 Å². The predicted molar refractivity (Wildman–Crippen MR) is 65.4 cm³/mol. The molecule has 0 fully saturated rings. The molecule has 0 N–H and O–H groups in total. The van der Waals surface area contributed by atoms with Gasteiger partial charge in [0.25, 0.3) is 0 Å². The van der Waals surface area contributed by atoms with Gasteiger partial charge in [-0.15, -0.1) is 12.6 Å². The first-order valence-electron chi connectivity index (χ1n) is 4.42. The monoisotopic (exact) mass is 213 g/mol. The fraction of sp³-hybridized carbons (Fsp3) is 0.400. The van der Waals surface area contributed by atoms with Crippen LogP contribution in [0.15, 0.2) is 29.2 Å². The lowest BCUT2D eigenvalue weighted by atomic mass is 10.3. The number of rotatable bonds is 4. The van der Waals surface area contributed by atoms with Gasteiger partial charge in [-0.25, -0.2) is 0 Å². The van der Waals surface area contributed by atoms with Crippen molar-refractivity contribution in [2.24, 2.45) is 0 Å². The molecule has 0 amide bonds. The topological polar surface area (TPSA) is 3.24 Å². The highest BCUT2D eigenvalue weighted by Gasteiger charge is 2.01. The first-order chi connectivity index (χ1) is 6.27. The van der Waals surface area contributed by atoms with E-state index in [0.29, 0.717) is 0 Å². The summed E-state index contributed by atoms with van der Waals surface area (Å²) in [7, 11) is 0. The van der Waals surface area contributed by atoms with Crippen molar-refractivity contribution in [1.29, 1.82) is 0 Å². The molecule has 0 saturated heterocycles. The Morgan fingerprint density at radius 3 is 2.31 bits per heavy atom. The molecule has 0 aliphatic rings. The van der Waals surface area contributed by atoms with E-state index in [1.165, 1.54) is 5.69 Å². The van der Waals surface area contributed by atoms with Crippen molar-refractivity contribution in [2.45, 2.75) is 11.8 Å². The third-order valence-electron chi connectivity index (χ3n) is 1.97. The van der Waals surface area contributed by atoms with Gasteiger partial charge in [-0.1, -0.05) is 0 Å². The quantitative estimate of drug-likeness (QED) is 0.727. The Labute approximate surface area is 91.0 Å². The molecule has 0 aromatic heterocycles. The molecule has 1 aromatic carbocycles. The van der Waals surface area contributed by atoms with Crippen LogP contribution in [-0.2, 0) is 0 Å². The summed E-state index contributed by atoms with van der Waals surface area (Å²) in [6.45, 7) is 4.16. The fourth-order valence-corrected chi connectivity index (χ4v) is 1.64. The summed E-state index contributed by atoms with van der Waals surface area (Å²) in [4.78, 5) is 3.30. The highest BCUT2D eigenvalue weighted by atomic mass is 32.1. The molecule has 0 atom stereocenters. The molecule has 0 spiro atoms. The van der Waals surface area contributed by atoms with Crippen molar-refractivity contribution in [1.82, 2.24) is 0 Å². The van der Waals surface area contributed by atoms with Crippen LogP contribution in [0.25, 0.3) is 0 Å². The first kappa shape index (κ1) is 10.8. The van der Waals surface area contributed by atoms with Crippen LogP contribution in [0.3, 0.4) is 0 Å². The Hall–Kier alpha value is -0.280. The van der Waals surface area contributed by atoms with E-state index >= 15 is 0 Å². The van der Waals surface area contributed by atoms with Crippen LogP contribution in [-0.4, -0.2) is 18.8 Å². The number of nitrogens with zero attached hydrogens (tertiary/aromatic N) is 1. The average molecular weight is 213 g/mol. The van der Waals surface area contributed by atoms with Gasteiger partial charge < -0.3 is 4.90 Å². The lowest BCUT2D eigenvalue weighted by Crippen LogP contribution is -2.24. The summed E-state index contributed by atoms with van der Waals surface area (Å²) in [6.07, 6.45) is 0. The average Bonchev–Trinajstić information content (AvgIpc) is 2.16. The van der Waals surface area contributed by atoms with Crippen molar-refractivity contribution < 1.29 is 0 Å². The lowest BCUT2D eigenvalue weighted by molar-refractivity contribution is 0.873. The first-order valence-corrected chi connectivity index (χ1v) is 5.50. The summed E-state index contributed by atoms with van der Waals surface area (Å²) < 4.78 is 0. The molecule has 0 radical (unpaired) electrons. The molecule has 0 aliphatic carbocycles. The number of hydrogen-bond acceptors (Lipinski definition) is 3. The Morgan fingerprint density at radius 2 is 1.85 bits per heavy atom. The minimum Gasteiger partial charge on any atom is -0.371 e. The van der Waals surface area contributed by atoms with Crippen LogP contribution >= 0.6 is 25.3 Å². The Bertz CT molecular complexity index is 246.